The van der Waals surface area contributed by atoms with Gasteiger partial charge in [-0.15, -0.1) is 0 Å². The van der Waals surface area contributed by atoms with Gasteiger partial charge in [-0.2, -0.15) is 13.2 Å². The van der Waals surface area contributed by atoms with Crippen LogP contribution in [0.25, 0.3) is 0 Å². The van der Waals surface area contributed by atoms with Gasteiger partial charge in [-0.05, 0) is 12.5 Å². The third kappa shape index (κ3) is 4.95. The van der Waals surface area contributed by atoms with Gasteiger partial charge < -0.3 is 18.9 Å². The van der Waals surface area contributed by atoms with Gasteiger partial charge in [-0.25, -0.2) is 0 Å². The summed E-state index contributed by atoms with van der Waals surface area (Å²) in [4.78, 5) is 0. The van der Waals surface area contributed by atoms with Crippen LogP contribution in [0.1, 0.15) is 24.3 Å². The van der Waals surface area contributed by atoms with E-state index >= 15 is 0 Å². The van der Waals surface area contributed by atoms with E-state index in [-0.39, 0.29) is 12.7 Å². The van der Waals surface area contributed by atoms with Crippen molar-refractivity contribution in [2.75, 3.05) is 26.9 Å². The molecule has 22 heavy (non-hydrogen) atoms. The minimum absolute atomic E-state index is 0.201. The van der Waals surface area contributed by atoms with Crippen LogP contribution in [0.15, 0.2) is 24.3 Å². The summed E-state index contributed by atoms with van der Waals surface area (Å²) in [5.74, 6) is -1.34. The average Bonchev–Trinajstić information content (AvgIpc) is 3.00. The van der Waals surface area contributed by atoms with Crippen molar-refractivity contribution in [1.82, 2.24) is 0 Å². The molecule has 1 saturated heterocycles. The fourth-order valence-corrected chi connectivity index (χ4v) is 2.13. The molecule has 0 amide bonds. The van der Waals surface area contributed by atoms with E-state index in [2.05, 4.69) is 0 Å². The summed E-state index contributed by atoms with van der Waals surface area (Å²) in [6.45, 7) is 1.24. The molecule has 124 valence electrons. The van der Waals surface area contributed by atoms with Crippen LogP contribution in [0.5, 0.6) is 0 Å². The van der Waals surface area contributed by atoms with Crippen molar-refractivity contribution in [2.45, 2.75) is 31.6 Å². The van der Waals surface area contributed by atoms with Gasteiger partial charge in [0.2, 0.25) is 0 Å². The maximum Gasteiger partial charge on any atom is 0.411 e. The van der Waals surface area contributed by atoms with Crippen molar-refractivity contribution in [3.63, 3.8) is 0 Å². The molecule has 0 spiro atoms. The zero-order valence-corrected chi connectivity index (χ0v) is 12.5. The summed E-state index contributed by atoms with van der Waals surface area (Å²) >= 11 is 0. The zero-order valence-electron chi connectivity index (χ0n) is 12.5. The molecule has 1 fully saturated rings. The largest absolute Gasteiger partial charge is 0.411 e. The third-order valence-corrected chi connectivity index (χ3v) is 3.37. The molecule has 1 aromatic rings. The summed E-state index contributed by atoms with van der Waals surface area (Å²) < 4.78 is 57.6. The number of hydrogen-bond donors (Lipinski definition) is 0. The summed E-state index contributed by atoms with van der Waals surface area (Å²) in [5, 5.41) is 0. The van der Waals surface area contributed by atoms with Gasteiger partial charge in [0.05, 0.1) is 13.2 Å². The van der Waals surface area contributed by atoms with Crippen LogP contribution >= 0.6 is 0 Å². The van der Waals surface area contributed by atoms with Crippen LogP contribution in [0.4, 0.5) is 13.2 Å². The van der Waals surface area contributed by atoms with Crippen molar-refractivity contribution < 1.29 is 32.1 Å². The smallest absolute Gasteiger partial charge is 0.353 e. The first-order chi connectivity index (χ1) is 10.3. The van der Waals surface area contributed by atoms with Gasteiger partial charge >= 0.3 is 6.18 Å². The first kappa shape index (κ1) is 17.2. The molecule has 1 atom stereocenters. The SMILES string of the molecule is COC(C)(Cc1ccc(C2OCCO2)cc1)OCC(F)(F)F. The lowest BCUT2D eigenvalue weighted by Gasteiger charge is -2.29. The van der Waals surface area contributed by atoms with E-state index in [9.17, 15) is 13.2 Å². The quantitative estimate of drug-likeness (QED) is 0.754. The summed E-state index contributed by atoms with van der Waals surface area (Å²) in [6.07, 6.45) is -4.56. The Morgan fingerprint density at radius 2 is 1.73 bits per heavy atom. The second-order valence-corrected chi connectivity index (χ2v) is 5.23. The van der Waals surface area contributed by atoms with Gasteiger partial charge in [0.15, 0.2) is 12.1 Å². The molecule has 0 aromatic heterocycles. The fraction of sp³-hybridized carbons (Fsp3) is 0.600. The normalized spacial score (nSPS) is 19.3. The number of ether oxygens (including phenoxy) is 4. The number of alkyl halides is 3. The number of hydrogen-bond acceptors (Lipinski definition) is 4. The fourth-order valence-electron chi connectivity index (χ4n) is 2.13. The van der Waals surface area contributed by atoms with Crippen LogP contribution in [0, 0.1) is 0 Å². The molecule has 1 unspecified atom stereocenters. The van der Waals surface area contributed by atoms with E-state index in [1.54, 1.807) is 12.1 Å². The predicted octanol–water partition coefficient (Wildman–Crippen LogP) is 3.22. The molecular formula is C15H19F3O4. The summed E-state index contributed by atoms with van der Waals surface area (Å²) in [6, 6.07) is 7.25. The molecule has 1 aliphatic rings. The Morgan fingerprint density at radius 1 is 1.14 bits per heavy atom. The highest BCUT2D eigenvalue weighted by molar-refractivity contribution is 5.24. The van der Waals surface area contributed by atoms with Gasteiger partial charge in [-0.3, -0.25) is 0 Å². The van der Waals surface area contributed by atoms with Crippen LogP contribution < -0.4 is 0 Å². The Balaban J connectivity index is 1.98. The number of halogens is 3. The van der Waals surface area contributed by atoms with Gasteiger partial charge in [0.25, 0.3) is 0 Å². The molecule has 1 aliphatic heterocycles. The minimum atomic E-state index is -4.39. The molecule has 0 radical (unpaired) electrons. The molecule has 0 bridgehead atoms. The molecule has 4 nitrogen and oxygen atoms in total. The molecule has 7 heteroatoms. The van der Waals surface area contributed by atoms with Crippen molar-refractivity contribution in [3.8, 4) is 0 Å². The van der Waals surface area contributed by atoms with Crippen molar-refractivity contribution >= 4 is 0 Å². The molecule has 1 aromatic carbocycles. The first-order valence-corrected chi connectivity index (χ1v) is 6.89. The lowest BCUT2D eigenvalue weighted by molar-refractivity contribution is -0.267. The van der Waals surface area contributed by atoms with E-state index in [0.717, 1.165) is 11.1 Å². The van der Waals surface area contributed by atoms with Crippen molar-refractivity contribution in [1.29, 1.82) is 0 Å². The van der Waals surface area contributed by atoms with E-state index in [0.29, 0.717) is 13.2 Å². The molecule has 0 saturated carbocycles. The Hall–Kier alpha value is -1.15. The average molecular weight is 320 g/mol. The van der Waals surface area contributed by atoms with Gasteiger partial charge in [0, 0.05) is 19.1 Å². The van der Waals surface area contributed by atoms with E-state index < -0.39 is 18.6 Å². The second-order valence-electron chi connectivity index (χ2n) is 5.23. The topological polar surface area (TPSA) is 36.9 Å². The van der Waals surface area contributed by atoms with E-state index in [1.165, 1.54) is 14.0 Å². The highest BCUT2D eigenvalue weighted by Crippen LogP contribution is 2.26. The molecule has 1 heterocycles. The van der Waals surface area contributed by atoms with Crippen LogP contribution in [-0.4, -0.2) is 38.9 Å². The first-order valence-electron chi connectivity index (χ1n) is 6.89. The molecular weight excluding hydrogens is 301 g/mol. The number of benzene rings is 1. The van der Waals surface area contributed by atoms with E-state index in [4.69, 9.17) is 18.9 Å². The summed E-state index contributed by atoms with van der Waals surface area (Å²) in [5.41, 5.74) is 1.67. The van der Waals surface area contributed by atoms with Gasteiger partial charge in [0.1, 0.15) is 6.61 Å². The molecule has 0 N–H and O–H groups in total. The van der Waals surface area contributed by atoms with Crippen molar-refractivity contribution in [3.05, 3.63) is 35.4 Å². The summed E-state index contributed by atoms with van der Waals surface area (Å²) in [7, 11) is 1.32. The standard InChI is InChI=1S/C15H19F3O4/c1-14(19-2,22-10-15(16,17)18)9-11-3-5-12(6-4-11)13-20-7-8-21-13/h3-6,13H,7-10H2,1-2H3. The zero-order chi connectivity index (χ0) is 16.2. The predicted molar refractivity (Wildman–Crippen MR) is 72.2 cm³/mol. The lowest BCUT2D eigenvalue weighted by atomic mass is 10.0. The van der Waals surface area contributed by atoms with Crippen LogP contribution in [0.2, 0.25) is 0 Å². The van der Waals surface area contributed by atoms with Gasteiger partial charge in [-0.1, -0.05) is 24.3 Å². The molecule has 2 rings (SSSR count). The monoisotopic (exact) mass is 320 g/mol. The highest BCUT2D eigenvalue weighted by atomic mass is 19.4. The Kier molecular flexibility index (Phi) is 5.44. The molecule has 0 aliphatic carbocycles. The Labute approximate surface area is 127 Å². The van der Waals surface area contributed by atoms with Crippen LogP contribution in [0.3, 0.4) is 0 Å². The number of rotatable bonds is 6. The minimum Gasteiger partial charge on any atom is -0.353 e. The highest BCUT2D eigenvalue weighted by Gasteiger charge is 2.34. The van der Waals surface area contributed by atoms with Crippen LogP contribution in [-0.2, 0) is 25.4 Å². The maximum atomic E-state index is 12.3. The Morgan fingerprint density at radius 3 is 2.23 bits per heavy atom. The number of methoxy groups -OCH3 is 1. The Bertz CT molecular complexity index is 469. The van der Waals surface area contributed by atoms with E-state index in [1.807, 2.05) is 12.1 Å². The van der Waals surface area contributed by atoms with Crippen molar-refractivity contribution in [2.24, 2.45) is 0 Å². The lowest BCUT2D eigenvalue weighted by Crippen LogP contribution is -2.37. The third-order valence-electron chi connectivity index (χ3n) is 3.37. The second kappa shape index (κ2) is 6.95. The maximum absolute atomic E-state index is 12.3.